The van der Waals surface area contributed by atoms with Crippen LogP contribution in [-0.2, 0) is 6.54 Å². The predicted octanol–water partition coefficient (Wildman–Crippen LogP) is 3.89. The molecule has 8 heteroatoms. The summed E-state index contributed by atoms with van der Waals surface area (Å²) < 4.78 is 2.04. The first kappa shape index (κ1) is 20.1. The van der Waals surface area contributed by atoms with E-state index < -0.39 is 6.04 Å². The molecule has 4 aromatic rings. The molecule has 0 unspecified atom stereocenters. The summed E-state index contributed by atoms with van der Waals surface area (Å²) in [5.41, 5.74) is 4.34. The van der Waals surface area contributed by atoms with E-state index >= 15 is 0 Å². The second kappa shape index (κ2) is 7.71. The summed E-state index contributed by atoms with van der Waals surface area (Å²) in [7, 11) is 0. The van der Waals surface area contributed by atoms with Gasteiger partial charge >= 0.3 is 0 Å². The van der Waals surface area contributed by atoms with Crippen LogP contribution < -0.4 is 0 Å². The SMILES string of the molecule is Cc1ccc2c(c1)C(=O)N([C@H](CC(C)C)c1nc3ccccc3n1Cc1cn[nH]n1)C2=O. The van der Waals surface area contributed by atoms with Gasteiger partial charge in [0.1, 0.15) is 11.5 Å². The fraction of sp³-hybridized carbons (Fsp3) is 0.292. The number of aromatic nitrogens is 5. The molecule has 2 aromatic heterocycles. The van der Waals surface area contributed by atoms with Crippen LogP contribution in [0.25, 0.3) is 11.0 Å². The quantitative estimate of drug-likeness (QED) is 0.470. The zero-order chi connectivity index (χ0) is 22.4. The summed E-state index contributed by atoms with van der Waals surface area (Å²) in [4.78, 5) is 33.1. The topological polar surface area (TPSA) is 96.8 Å². The van der Waals surface area contributed by atoms with E-state index in [1.165, 1.54) is 4.90 Å². The average molecular weight is 428 g/mol. The van der Waals surface area contributed by atoms with Crippen molar-refractivity contribution < 1.29 is 9.59 Å². The number of amides is 2. The maximum atomic E-state index is 13.4. The van der Waals surface area contributed by atoms with Crippen LogP contribution in [0.1, 0.15) is 64.1 Å². The molecule has 2 amide bonds. The van der Waals surface area contributed by atoms with Crippen molar-refractivity contribution in [3.63, 3.8) is 0 Å². The summed E-state index contributed by atoms with van der Waals surface area (Å²) in [6.45, 7) is 6.52. The van der Waals surface area contributed by atoms with Gasteiger partial charge in [0.15, 0.2) is 0 Å². The summed E-state index contributed by atoms with van der Waals surface area (Å²) in [5, 5.41) is 10.8. The molecule has 1 atom stereocenters. The maximum absolute atomic E-state index is 13.4. The van der Waals surface area contributed by atoms with Crippen LogP contribution in [0.15, 0.2) is 48.7 Å². The molecule has 162 valence electrons. The molecule has 1 N–H and O–H groups in total. The minimum absolute atomic E-state index is 0.242. The van der Waals surface area contributed by atoms with Crippen molar-refractivity contribution in [1.29, 1.82) is 0 Å². The lowest BCUT2D eigenvalue weighted by atomic mass is 10.0. The van der Waals surface area contributed by atoms with Crippen LogP contribution in [0.5, 0.6) is 0 Å². The molecule has 0 spiro atoms. The number of imidazole rings is 1. The van der Waals surface area contributed by atoms with Gasteiger partial charge in [0.05, 0.1) is 40.9 Å². The molecule has 1 aliphatic heterocycles. The number of hydrogen-bond acceptors (Lipinski definition) is 5. The van der Waals surface area contributed by atoms with Gasteiger partial charge in [-0.1, -0.05) is 37.6 Å². The lowest BCUT2D eigenvalue weighted by Gasteiger charge is -2.28. The number of benzene rings is 2. The number of carbonyl (C=O) groups is 2. The highest BCUT2D eigenvalue weighted by Crippen LogP contribution is 2.36. The zero-order valence-electron chi connectivity index (χ0n) is 18.2. The van der Waals surface area contributed by atoms with Gasteiger partial charge in [-0.05, 0) is 43.5 Å². The normalized spacial score (nSPS) is 14.6. The number of para-hydroxylation sites is 2. The molecule has 32 heavy (non-hydrogen) atoms. The smallest absolute Gasteiger partial charge is 0.262 e. The van der Waals surface area contributed by atoms with Crippen LogP contribution in [0.3, 0.4) is 0 Å². The summed E-state index contributed by atoms with van der Waals surface area (Å²) >= 11 is 0. The van der Waals surface area contributed by atoms with Gasteiger partial charge in [0.25, 0.3) is 11.8 Å². The number of aryl methyl sites for hydroxylation is 1. The van der Waals surface area contributed by atoms with Gasteiger partial charge in [-0.15, -0.1) is 0 Å². The highest BCUT2D eigenvalue weighted by atomic mass is 16.2. The Morgan fingerprint density at radius 1 is 1.03 bits per heavy atom. The van der Waals surface area contributed by atoms with Gasteiger partial charge in [-0.3, -0.25) is 14.5 Å². The van der Waals surface area contributed by atoms with Crippen LogP contribution in [0, 0.1) is 12.8 Å². The first-order chi connectivity index (χ1) is 15.4. The molecular formula is C24H24N6O2. The van der Waals surface area contributed by atoms with E-state index in [0.29, 0.717) is 29.9 Å². The second-order valence-corrected chi connectivity index (χ2v) is 8.68. The van der Waals surface area contributed by atoms with Gasteiger partial charge in [0.2, 0.25) is 0 Å². The number of H-pyrrole nitrogens is 1. The molecule has 8 nitrogen and oxygen atoms in total. The van der Waals surface area contributed by atoms with Crippen LogP contribution in [0.4, 0.5) is 0 Å². The number of nitrogens with zero attached hydrogens (tertiary/aromatic N) is 5. The average Bonchev–Trinajstić information content (AvgIpc) is 3.46. The molecular weight excluding hydrogens is 404 g/mol. The van der Waals surface area contributed by atoms with Crippen molar-refractivity contribution in [2.45, 2.75) is 39.8 Å². The Hall–Kier alpha value is -3.81. The number of rotatable bonds is 6. The number of aromatic amines is 1. The summed E-state index contributed by atoms with van der Waals surface area (Å²) in [5.74, 6) is 0.385. The highest BCUT2D eigenvalue weighted by molar-refractivity contribution is 6.21. The third-order valence-electron chi connectivity index (χ3n) is 5.85. The number of fused-ring (bicyclic) bond motifs is 2. The number of nitrogens with one attached hydrogen (secondary N) is 1. The third kappa shape index (κ3) is 3.28. The van der Waals surface area contributed by atoms with Crippen molar-refractivity contribution in [2.75, 3.05) is 0 Å². The largest absolute Gasteiger partial charge is 0.320 e. The molecule has 3 heterocycles. The molecule has 0 saturated carbocycles. The Morgan fingerprint density at radius 2 is 1.81 bits per heavy atom. The Kier molecular flexibility index (Phi) is 4.84. The van der Waals surface area contributed by atoms with E-state index in [9.17, 15) is 9.59 Å². The fourth-order valence-electron chi connectivity index (χ4n) is 4.41. The van der Waals surface area contributed by atoms with E-state index in [4.69, 9.17) is 4.98 Å². The van der Waals surface area contributed by atoms with Crippen molar-refractivity contribution >= 4 is 22.8 Å². The molecule has 2 aromatic carbocycles. The molecule has 0 aliphatic carbocycles. The summed E-state index contributed by atoms with van der Waals surface area (Å²) in [6.07, 6.45) is 2.27. The lowest BCUT2D eigenvalue weighted by Crippen LogP contribution is -2.36. The number of hydrogen-bond donors (Lipinski definition) is 1. The van der Waals surface area contributed by atoms with Gasteiger partial charge < -0.3 is 4.57 Å². The molecule has 5 rings (SSSR count). The minimum Gasteiger partial charge on any atom is -0.320 e. The Labute approximate surface area is 185 Å². The van der Waals surface area contributed by atoms with E-state index in [1.807, 2.05) is 41.8 Å². The van der Waals surface area contributed by atoms with E-state index in [2.05, 4.69) is 29.3 Å². The van der Waals surface area contributed by atoms with E-state index in [1.54, 1.807) is 18.3 Å². The van der Waals surface area contributed by atoms with Crippen molar-refractivity contribution in [3.05, 3.63) is 76.9 Å². The molecule has 0 saturated heterocycles. The van der Waals surface area contributed by atoms with E-state index in [0.717, 1.165) is 22.3 Å². The van der Waals surface area contributed by atoms with Gasteiger partial charge in [-0.2, -0.15) is 15.4 Å². The minimum atomic E-state index is -0.498. The van der Waals surface area contributed by atoms with Crippen LogP contribution in [-0.4, -0.2) is 41.7 Å². The Balaban J connectivity index is 1.66. The first-order valence-corrected chi connectivity index (χ1v) is 10.7. The highest BCUT2D eigenvalue weighted by Gasteiger charge is 2.42. The second-order valence-electron chi connectivity index (χ2n) is 8.68. The lowest BCUT2D eigenvalue weighted by molar-refractivity contribution is 0.0553. The first-order valence-electron chi connectivity index (χ1n) is 10.7. The van der Waals surface area contributed by atoms with Crippen molar-refractivity contribution in [1.82, 2.24) is 29.9 Å². The van der Waals surface area contributed by atoms with Crippen molar-refractivity contribution in [2.24, 2.45) is 5.92 Å². The predicted molar refractivity (Wildman–Crippen MR) is 119 cm³/mol. The van der Waals surface area contributed by atoms with Crippen LogP contribution >= 0.6 is 0 Å². The number of imide groups is 1. The Bertz CT molecular complexity index is 1320. The fourth-order valence-corrected chi connectivity index (χ4v) is 4.41. The molecule has 1 aliphatic rings. The van der Waals surface area contributed by atoms with Crippen LogP contribution in [0.2, 0.25) is 0 Å². The van der Waals surface area contributed by atoms with E-state index in [-0.39, 0.29) is 17.7 Å². The number of carbonyl (C=O) groups excluding carboxylic acids is 2. The maximum Gasteiger partial charge on any atom is 0.262 e. The Morgan fingerprint density at radius 3 is 2.56 bits per heavy atom. The van der Waals surface area contributed by atoms with Crippen molar-refractivity contribution in [3.8, 4) is 0 Å². The third-order valence-corrected chi connectivity index (χ3v) is 5.85. The zero-order valence-corrected chi connectivity index (χ0v) is 18.2. The molecule has 0 fully saturated rings. The monoisotopic (exact) mass is 428 g/mol. The van der Waals surface area contributed by atoms with Gasteiger partial charge in [-0.25, -0.2) is 4.98 Å². The standard InChI is InChI=1S/C24H24N6O2/c1-14(2)10-21(30-23(31)17-9-8-15(3)11-18(17)24(30)32)22-26-19-6-4-5-7-20(19)29(22)13-16-12-25-28-27-16/h4-9,11-12,14,21H,10,13H2,1-3H3,(H,25,27,28)/t21-/m1/s1. The molecule has 0 radical (unpaired) electrons. The molecule has 0 bridgehead atoms. The summed E-state index contributed by atoms with van der Waals surface area (Å²) in [6, 6.07) is 12.7. The van der Waals surface area contributed by atoms with Gasteiger partial charge in [0, 0.05) is 0 Å².